The topological polar surface area (TPSA) is 12.0 Å². The molecule has 114 valence electrons. The number of nitrogens with one attached hydrogen (secondary N) is 1. The molecule has 2 aliphatic rings. The van der Waals surface area contributed by atoms with Gasteiger partial charge in [-0.25, -0.2) is 0 Å². The zero-order valence-electron chi connectivity index (χ0n) is 13.8. The molecule has 1 aromatic carbocycles. The van der Waals surface area contributed by atoms with E-state index in [2.05, 4.69) is 50.9 Å². The third-order valence-electron chi connectivity index (χ3n) is 5.89. The summed E-state index contributed by atoms with van der Waals surface area (Å²) in [5, 5.41) is 3.82. The maximum Gasteiger partial charge on any atom is 0.0376 e. The van der Waals surface area contributed by atoms with Crippen molar-refractivity contribution in [3.05, 3.63) is 47.2 Å². The van der Waals surface area contributed by atoms with Gasteiger partial charge in [0.25, 0.3) is 0 Å². The molecule has 0 saturated heterocycles. The molecule has 3 atom stereocenters. The molecule has 1 heteroatoms. The second-order valence-electron chi connectivity index (χ2n) is 7.61. The molecular formula is C20H29N. The summed E-state index contributed by atoms with van der Waals surface area (Å²) >= 11 is 0. The van der Waals surface area contributed by atoms with Gasteiger partial charge in [-0.3, -0.25) is 0 Å². The van der Waals surface area contributed by atoms with Crippen molar-refractivity contribution >= 4 is 0 Å². The minimum atomic E-state index is 0.393. The van der Waals surface area contributed by atoms with Gasteiger partial charge in [-0.1, -0.05) is 31.7 Å². The van der Waals surface area contributed by atoms with Crippen molar-refractivity contribution in [2.24, 2.45) is 11.8 Å². The SMILES string of the molecule is C=C(CCc1ccc(C)c(C)c1)NC12CCC(C1)C(C)C2. The van der Waals surface area contributed by atoms with Crippen LogP contribution in [0.5, 0.6) is 0 Å². The Hall–Kier alpha value is -1.24. The van der Waals surface area contributed by atoms with Gasteiger partial charge in [-0.05, 0) is 80.9 Å². The van der Waals surface area contributed by atoms with Crippen molar-refractivity contribution in [1.29, 1.82) is 0 Å². The number of hydrogen-bond donors (Lipinski definition) is 1. The Morgan fingerprint density at radius 1 is 1.29 bits per heavy atom. The quantitative estimate of drug-likeness (QED) is 0.809. The highest BCUT2D eigenvalue weighted by Crippen LogP contribution is 2.51. The summed E-state index contributed by atoms with van der Waals surface area (Å²) in [7, 11) is 0. The van der Waals surface area contributed by atoms with Gasteiger partial charge in [-0.2, -0.15) is 0 Å². The van der Waals surface area contributed by atoms with E-state index in [1.54, 1.807) is 0 Å². The standard InChI is InChI=1S/C20H29N/c1-14-5-7-18(11-15(14)2)8-6-17(4)21-20-10-9-19(13-20)16(3)12-20/h5,7,11,16,19,21H,4,6,8-10,12-13H2,1-3H3. The minimum absolute atomic E-state index is 0.393. The number of aryl methyl sites for hydroxylation is 3. The number of fused-ring (bicyclic) bond motifs is 2. The fourth-order valence-corrected chi connectivity index (χ4v) is 4.48. The summed E-state index contributed by atoms with van der Waals surface area (Å²) in [6, 6.07) is 6.82. The first-order valence-corrected chi connectivity index (χ1v) is 8.49. The molecule has 0 aromatic heterocycles. The lowest BCUT2D eigenvalue weighted by atomic mass is 9.86. The highest BCUT2D eigenvalue weighted by Gasteiger charge is 2.48. The molecule has 0 amide bonds. The van der Waals surface area contributed by atoms with E-state index in [0.29, 0.717) is 5.54 Å². The van der Waals surface area contributed by atoms with E-state index < -0.39 is 0 Å². The van der Waals surface area contributed by atoms with Crippen molar-refractivity contribution in [3.63, 3.8) is 0 Å². The van der Waals surface area contributed by atoms with Crippen LogP contribution in [0.3, 0.4) is 0 Å². The zero-order valence-corrected chi connectivity index (χ0v) is 13.8. The molecular weight excluding hydrogens is 254 g/mol. The molecule has 0 heterocycles. The number of hydrogen-bond acceptors (Lipinski definition) is 1. The summed E-state index contributed by atoms with van der Waals surface area (Å²) in [6.45, 7) is 11.1. The van der Waals surface area contributed by atoms with Crippen LogP contribution in [0.15, 0.2) is 30.5 Å². The van der Waals surface area contributed by atoms with E-state index in [1.165, 1.54) is 48.1 Å². The van der Waals surface area contributed by atoms with Gasteiger partial charge < -0.3 is 5.32 Å². The van der Waals surface area contributed by atoms with Crippen LogP contribution in [0.2, 0.25) is 0 Å². The van der Waals surface area contributed by atoms with E-state index in [9.17, 15) is 0 Å². The van der Waals surface area contributed by atoms with Gasteiger partial charge in [-0.15, -0.1) is 0 Å². The van der Waals surface area contributed by atoms with Gasteiger partial charge in [0.05, 0.1) is 0 Å². The molecule has 1 nitrogen and oxygen atoms in total. The molecule has 0 radical (unpaired) electrons. The van der Waals surface area contributed by atoms with Crippen molar-refractivity contribution in [2.75, 3.05) is 0 Å². The monoisotopic (exact) mass is 283 g/mol. The molecule has 2 aliphatic carbocycles. The largest absolute Gasteiger partial charge is 0.383 e. The second kappa shape index (κ2) is 5.51. The maximum atomic E-state index is 4.30. The molecule has 0 spiro atoms. The fourth-order valence-electron chi connectivity index (χ4n) is 4.48. The first-order valence-electron chi connectivity index (χ1n) is 8.49. The lowest BCUT2D eigenvalue weighted by Crippen LogP contribution is -2.41. The molecule has 3 rings (SSSR count). The number of rotatable bonds is 5. The summed E-state index contributed by atoms with van der Waals surface area (Å²) < 4.78 is 0. The van der Waals surface area contributed by atoms with E-state index in [1.807, 2.05) is 0 Å². The Kier molecular flexibility index (Phi) is 3.86. The summed E-state index contributed by atoms with van der Waals surface area (Å²) in [4.78, 5) is 0. The van der Waals surface area contributed by atoms with Crippen LogP contribution >= 0.6 is 0 Å². The van der Waals surface area contributed by atoms with Crippen LogP contribution in [-0.4, -0.2) is 5.54 Å². The molecule has 2 bridgehead atoms. The third-order valence-corrected chi connectivity index (χ3v) is 5.89. The Balaban J connectivity index is 1.54. The van der Waals surface area contributed by atoms with Crippen LogP contribution in [0.1, 0.15) is 55.7 Å². The summed E-state index contributed by atoms with van der Waals surface area (Å²) in [5.41, 5.74) is 5.84. The average molecular weight is 283 g/mol. The van der Waals surface area contributed by atoms with Gasteiger partial charge in [0.2, 0.25) is 0 Å². The van der Waals surface area contributed by atoms with E-state index in [4.69, 9.17) is 0 Å². The third kappa shape index (κ3) is 3.02. The lowest BCUT2D eigenvalue weighted by Gasteiger charge is -2.32. The fraction of sp³-hybridized carbons (Fsp3) is 0.600. The lowest BCUT2D eigenvalue weighted by molar-refractivity contribution is 0.300. The van der Waals surface area contributed by atoms with Crippen molar-refractivity contribution in [2.45, 2.75) is 64.8 Å². The van der Waals surface area contributed by atoms with Crippen LogP contribution < -0.4 is 5.32 Å². The first kappa shape index (κ1) is 14.7. The molecule has 1 N–H and O–H groups in total. The smallest absolute Gasteiger partial charge is 0.0376 e. The normalized spacial score (nSPS) is 30.6. The highest BCUT2D eigenvalue weighted by molar-refractivity contribution is 5.30. The van der Waals surface area contributed by atoms with Crippen LogP contribution in [0.4, 0.5) is 0 Å². The average Bonchev–Trinajstić information content (AvgIpc) is 2.96. The second-order valence-corrected chi connectivity index (χ2v) is 7.61. The Morgan fingerprint density at radius 2 is 2.10 bits per heavy atom. The molecule has 3 unspecified atom stereocenters. The number of benzene rings is 1. The summed E-state index contributed by atoms with van der Waals surface area (Å²) in [6.07, 6.45) is 7.64. The predicted octanol–water partition coefficient (Wildman–Crippen LogP) is 4.92. The molecule has 21 heavy (non-hydrogen) atoms. The molecule has 2 saturated carbocycles. The van der Waals surface area contributed by atoms with Crippen molar-refractivity contribution in [1.82, 2.24) is 5.32 Å². The zero-order chi connectivity index (χ0) is 15.0. The van der Waals surface area contributed by atoms with Crippen LogP contribution in [-0.2, 0) is 6.42 Å². The first-order chi connectivity index (χ1) is 9.97. The van der Waals surface area contributed by atoms with Crippen molar-refractivity contribution < 1.29 is 0 Å². The predicted molar refractivity (Wildman–Crippen MR) is 90.4 cm³/mol. The van der Waals surface area contributed by atoms with E-state index in [-0.39, 0.29) is 0 Å². The van der Waals surface area contributed by atoms with E-state index >= 15 is 0 Å². The number of allylic oxidation sites excluding steroid dienone is 1. The van der Waals surface area contributed by atoms with Crippen LogP contribution in [0.25, 0.3) is 0 Å². The van der Waals surface area contributed by atoms with Gasteiger partial charge >= 0.3 is 0 Å². The Bertz CT molecular complexity index is 541. The van der Waals surface area contributed by atoms with Crippen molar-refractivity contribution in [3.8, 4) is 0 Å². The molecule has 2 fully saturated rings. The summed E-state index contributed by atoms with van der Waals surface area (Å²) in [5.74, 6) is 1.86. The van der Waals surface area contributed by atoms with Gasteiger partial charge in [0.15, 0.2) is 0 Å². The Morgan fingerprint density at radius 3 is 2.71 bits per heavy atom. The van der Waals surface area contributed by atoms with Crippen LogP contribution in [0, 0.1) is 25.7 Å². The van der Waals surface area contributed by atoms with Gasteiger partial charge in [0, 0.05) is 11.2 Å². The van der Waals surface area contributed by atoms with E-state index in [0.717, 1.165) is 24.7 Å². The maximum absolute atomic E-state index is 4.30. The minimum Gasteiger partial charge on any atom is -0.383 e. The molecule has 0 aliphatic heterocycles. The van der Waals surface area contributed by atoms with Gasteiger partial charge in [0.1, 0.15) is 0 Å². The highest BCUT2D eigenvalue weighted by atomic mass is 15.0. The molecule has 1 aromatic rings. The Labute approximate surface area is 129 Å².